The molecule has 100 valence electrons. The standard InChI is InChI=1S/C13H21N3O2/c1-3-5-16-6-7-18-12(9-16)13(17)11-8-15(4-2)10-14-11/h8,10,12H,3-7,9H2,1-2H3. The number of rotatable bonds is 5. The lowest BCUT2D eigenvalue weighted by atomic mass is 10.1. The van der Waals surface area contributed by atoms with E-state index < -0.39 is 0 Å². The Kier molecular flexibility index (Phi) is 4.49. The summed E-state index contributed by atoms with van der Waals surface area (Å²) in [5, 5.41) is 0. The summed E-state index contributed by atoms with van der Waals surface area (Å²) >= 11 is 0. The van der Waals surface area contributed by atoms with Crippen LogP contribution in [0, 0.1) is 0 Å². The van der Waals surface area contributed by atoms with Crippen molar-refractivity contribution in [3.63, 3.8) is 0 Å². The van der Waals surface area contributed by atoms with Crippen LogP contribution < -0.4 is 0 Å². The van der Waals surface area contributed by atoms with Gasteiger partial charge in [0.2, 0.25) is 5.78 Å². The van der Waals surface area contributed by atoms with Gasteiger partial charge in [0.1, 0.15) is 11.8 Å². The van der Waals surface area contributed by atoms with E-state index in [-0.39, 0.29) is 11.9 Å². The number of aryl methyl sites for hydroxylation is 1. The third-order valence-electron chi connectivity index (χ3n) is 3.23. The molecule has 0 spiro atoms. The van der Waals surface area contributed by atoms with Crippen LogP contribution in [0.4, 0.5) is 0 Å². The number of morpholine rings is 1. The van der Waals surface area contributed by atoms with Gasteiger partial charge in [-0.25, -0.2) is 4.98 Å². The molecule has 1 atom stereocenters. The Hall–Kier alpha value is -1.20. The molecule has 0 saturated carbocycles. The summed E-state index contributed by atoms with van der Waals surface area (Å²) in [6, 6.07) is 0. The van der Waals surface area contributed by atoms with E-state index in [1.165, 1.54) is 0 Å². The van der Waals surface area contributed by atoms with E-state index in [9.17, 15) is 4.79 Å². The van der Waals surface area contributed by atoms with Gasteiger partial charge in [-0.2, -0.15) is 0 Å². The molecule has 5 nitrogen and oxygen atoms in total. The topological polar surface area (TPSA) is 47.4 Å². The number of hydrogen-bond donors (Lipinski definition) is 0. The van der Waals surface area contributed by atoms with E-state index >= 15 is 0 Å². The normalized spacial score (nSPS) is 21.1. The zero-order valence-corrected chi connectivity index (χ0v) is 11.1. The number of imidazole rings is 1. The second kappa shape index (κ2) is 6.11. The summed E-state index contributed by atoms with van der Waals surface area (Å²) in [4.78, 5) is 18.7. The molecule has 0 aromatic carbocycles. The van der Waals surface area contributed by atoms with E-state index in [0.29, 0.717) is 18.8 Å². The molecule has 0 radical (unpaired) electrons. The van der Waals surface area contributed by atoms with Crippen LogP contribution in [0.15, 0.2) is 12.5 Å². The van der Waals surface area contributed by atoms with Crippen molar-refractivity contribution in [1.29, 1.82) is 0 Å². The molecule has 1 aliphatic rings. The molecular formula is C13H21N3O2. The van der Waals surface area contributed by atoms with Gasteiger partial charge in [-0.3, -0.25) is 9.69 Å². The fourth-order valence-corrected chi connectivity index (χ4v) is 2.21. The second-order valence-corrected chi connectivity index (χ2v) is 4.61. The van der Waals surface area contributed by atoms with Crippen molar-refractivity contribution in [2.75, 3.05) is 26.2 Å². The predicted octanol–water partition coefficient (Wildman–Crippen LogP) is 1.20. The Labute approximate surface area is 108 Å². The van der Waals surface area contributed by atoms with Gasteiger partial charge in [0.25, 0.3) is 0 Å². The number of nitrogens with zero attached hydrogens (tertiary/aromatic N) is 3. The van der Waals surface area contributed by atoms with Crippen LogP contribution in [0.3, 0.4) is 0 Å². The SMILES string of the molecule is CCCN1CCOC(C(=O)c2cn(CC)cn2)C1. The van der Waals surface area contributed by atoms with Crippen molar-refractivity contribution in [2.45, 2.75) is 32.9 Å². The zero-order valence-electron chi connectivity index (χ0n) is 11.1. The Morgan fingerprint density at radius 3 is 3.06 bits per heavy atom. The lowest BCUT2D eigenvalue weighted by Crippen LogP contribution is -2.46. The number of hydrogen-bond acceptors (Lipinski definition) is 4. The Morgan fingerprint density at radius 2 is 2.39 bits per heavy atom. The minimum absolute atomic E-state index is 0.00278. The van der Waals surface area contributed by atoms with Crippen molar-refractivity contribution in [2.24, 2.45) is 0 Å². The lowest BCUT2D eigenvalue weighted by molar-refractivity contribution is -0.0166. The van der Waals surface area contributed by atoms with E-state index in [1.54, 1.807) is 12.5 Å². The number of carbonyl (C=O) groups excluding carboxylic acids is 1. The molecule has 1 aromatic heterocycles. The maximum atomic E-state index is 12.3. The van der Waals surface area contributed by atoms with Gasteiger partial charge < -0.3 is 9.30 Å². The van der Waals surface area contributed by atoms with Crippen molar-refractivity contribution < 1.29 is 9.53 Å². The first-order chi connectivity index (χ1) is 8.74. The van der Waals surface area contributed by atoms with E-state index in [0.717, 1.165) is 26.1 Å². The summed E-state index contributed by atoms with van der Waals surface area (Å²) in [6.45, 7) is 8.26. The monoisotopic (exact) mass is 251 g/mol. The third-order valence-corrected chi connectivity index (χ3v) is 3.23. The summed E-state index contributed by atoms with van der Waals surface area (Å²) in [7, 11) is 0. The largest absolute Gasteiger partial charge is 0.367 e. The maximum Gasteiger partial charge on any atom is 0.212 e. The van der Waals surface area contributed by atoms with Gasteiger partial charge >= 0.3 is 0 Å². The molecule has 18 heavy (non-hydrogen) atoms. The molecule has 0 N–H and O–H groups in total. The van der Waals surface area contributed by atoms with Crippen molar-refractivity contribution in [1.82, 2.24) is 14.5 Å². The molecule has 0 aliphatic carbocycles. The van der Waals surface area contributed by atoms with Gasteiger partial charge in [-0.15, -0.1) is 0 Å². The van der Waals surface area contributed by atoms with Gasteiger partial charge in [0, 0.05) is 25.8 Å². The van der Waals surface area contributed by atoms with Crippen LogP contribution in [-0.2, 0) is 11.3 Å². The second-order valence-electron chi connectivity index (χ2n) is 4.61. The van der Waals surface area contributed by atoms with Crippen LogP contribution in [0.1, 0.15) is 30.8 Å². The van der Waals surface area contributed by atoms with Crippen LogP contribution in [0.5, 0.6) is 0 Å². The summed E-state index contributed by atoms with van der Waals surface area (Å²) in [6.07, 6.45) is 4.24. The maximum absolute atomic E-state index is 12.3. The highest BCUT2D eigenvalue weighted by Gasteiger charge is 2.28. The number of Topliss-reactive ketones (excluding diaryl/α,β-unsaturated/α-hetero) is 1. The molecule has 0 amide bonds. The highest BCUT2D eigenvalue weighted by atomic mass is 16.5. The fraction of sp³-hybridized carbons (Fsp3) is 0.692. The van der Waals surface area contributed by atoms with Crippen LogP contribution in [0.25, 0.3) is 0 Å². The first-order valence-corrected chi connectivity index (χ1v) is 6.64. The van der Waals surface area contributed by atoms with E-state index in [2.05, 4.69) is 16.8 Å². The summed E-state index contributed by atoms with van der Waals surface area (Å²) in [5.74, 6) is 0.00278. The summed E-state index contributed by atoms with van der Waals surface area (Å²) < 4.78 is 7.48. The smallest absolute Gasteiger partial charge is 0.212 e. The average Bonchev–Trinajstić information content (AvgIpc) is 2.87. The van der Waals surface area contributed by atoms with Crippen LogP contribution >= 0.6 is 0 Å². The molecule has 5 heteroatoms. The van der Waals surface area contributed by atoms with E-state index in [1.807, 2.05) is 11.5 Å². The molecule has 1 fully saturated rings. The van der Waals surface area contributed by atoms with Crippen molar-refractivity contribution >= 4 is 5.78 Å². The quantitative estimate of drug-likeness (QED) is 0.738. The number of ketones is 1. The van der Waals surface area contributed by atoms with Crippen LogP contribution in [-0.4, -0.2) is 52.6 Å². The molecule has 2 heterocycles. The highest BCUT2D eigenvalue weighted by molar-refractivity contribution is 5.97. The van der Waals surface area contributed by atoms with Gasteiger partial charge in [0.05, 0.1) is 12.9 Å². The molecular weight excluding hydrogens is 230 g/mol. The van der Waals surface area contributed by atoms with Gasteiger partial charge in [-0.1, -0.05) is 6.92 Å². The number of aromatic nitrogens is 2. The molecule has 1 aromatic rings. The lowest BCUT2D eigenvalue weighted by Gasteiger charge is -2.31. The zero-order chi connectivity index (χ0) is 13.0. The Bertz CT molecular complexity index is 401. The number of ether oxygens (including phenoxy) is 1. The number of carbonyl (C=O) groups is 1. The molecule has 0 bridgehead atoms. The molecule has 2 rings (SSSR count). The summed E-state index contributed by atoms with van der Waals surface area (Å²) in [5.41, 5.74) is 0.514. The highest BCUT2D eigenvalue weighted by Crippen LogP contribution is 2.11. The fourth-order valence-electron chi connectivity index (χ4n) is 2.21. The first kappa shape index (κ1) is 13.2. The molecule has 1 aliphatic heterocycles. The van der Waals surface area contributed by atoms with Crippen molar-refractivity contribution in [3.05, 3.63) is 18.2 Å². The van der Waals surface area contributed by atoms with Crippen LogP contribution in [0.2, 0.25) is 0 Å². The predicted molar refractivity (Wildman–Crippen MR) is 68.7 cm³/mol. The van der Waals surface area contributed by atoms with Gasteiger partial charge in [-0.05, 0) is 19.9 Å². The Morgan fingerprint density at radius 1 is 1.56 bits per heavy atom. The molecule has 1 saturated heterocycles. The van der Waals surface area contributed by atoms with Gasteiger partial charge in [0.15, 0.2) is 0 Å². The van der Waals surface area contributed by atoms with E-state index in [4.69, 9.17) is 4.74 Å². The third kappa shape index (κ3) is 2.97. The average molecular weight is 251 g/mol. The van der Waals surface area contributed by atoms with Crippen molar-refractivity contribution in [3.8, 4) is 0 Å². The molecule has 1 unspecified atom stereocenters. The minimum Gasteiger partial charge on any atom is -0.367 e. The Balaban J connectivity index is 1.99. The minimum atomic E-state index is -0.356. The first-order valence-electron chi connectivity index (χ1n) is 6.64.